The number of cyclic esters (lactones) is 1. The van der Waals surface area contributed by atoms with Gasteiger partial charge in [0.25, 0.3) is 0 Å². The molecule has 1 heterocycles. The van der Waals surface area contributed by atoms with Crippen LogP contribution in [0.2, 0.25) is 0 Å². The average molecular weight is 330 g/mol. The van der Waals surface area contributed by atoms with Crippen molar-refractivity contribution >= 4 is 11.8 Å². The van der Waals surface area contributed by atoms with Gasteiger partial charge in [0.1, 0.15) is 5.60 Å². The molecule has 2 saturated carbocycles. The Kier molecular flexibility index (Phi) is 3.22. The number of hydrogen-bond acceptors (Lipinski definition) is 4. The molecular weight excluding hydrogens is 304 g/mol. The first kappa shape index (κ1) is 16.1. The second kappa shape index (κ2) is 4.81. The summed E-state index contributed by atoms with van der Waals surface area (Å²) in [7, 11) is 0. The minimum atomic E-state index is -1.18. The van der Waals surface area contributed by atoms with Crippen LogP contribution in [-0.4, -0.2) is 29.1 Å². The Balaban J connectivity index is 1.89. The highest BCUT2D eigenvalue weighted by molar-refractivity contribution is 6.07. The maximum absolute atomic E-state index is 12.9. The van der Waals surface area contributed by atoms with Gasteiger partial charge in [0, 0.05) is 11.0 Å². The summed E-state index contributed by atoms with van der Waals surface area (Å²) in [5.41, 5.74) is -0.777. The van der Waals surface area contributed by atoms with Crippen LogP contribution < -0.4 is 0 Å². The first-order valence-electron chi connectivity index (χ1n) is 9.12. The number of esters is 1. The summed E-state index contributed by atoms with van der Waals surface area (Å²) in [4.78, 5) is 25.6. The van der Waals surface area contributed by atoms with Crippen molar-refractivity contribution in [1.82, 2.24) is 0 Å². The van der Waals surface area contributed by atoms with Gasteiger partial charge in [-0.3, -0.25) is 9.59 Å². The molecule has 1 N–H and O–H groups in total. The highest BCUT2D eigenvalue weighted by Crippen LogP contribution is 2.65. The molecule has 4 atom stereocenters. The van der Waals surface area contributed by atoms with Crippen molar-refractivity contribution in [2.45, 2.75) is 58.5 Å². The largest absolute Gasteiger partial charge is 0.464 e. The van der Waals surface area contributed by atoms with Crippen LogP contribution in [0.25, 0.3) is 0 Å². The predicted octanol–water partition coefficient (Wildman–Crippen LogP) is 2.95. The van der Waals surface area contributed by atoms with Crippen molar-refractivity contribution in [2.24, 2.45) is 22.7 Å². The van der Waals surface area contributed by atoms with E-state index in [1.807, 2.05) is 13.8 Å². The minimum absolute atomic E-state index is 0.0422. The molecule has 0 amide bonds. The first-order valence-corrected chi connectivity index (χ1v) is 9.12. The topological polar surface area (TPSA) is 63.6 Å². The van der Waals surface area contributed by atoms with Crippen LogP contribution in [0.3, 0.4) is 0 Å². The molecular formula is C20H26O4. The van der Waals surface area contributed by atoms with Gasteiger partial charge in [0.05, 0.1) is 12.0 Å². The van der Waals surface area contributed by atoms with Gasteiger partial charge in [-0.15, -0.1) is 0 Å². The van der Waals surface area contributed by atoms with Gasteiger partial charge < -0.3 is 9.84 Å². The molecule has 2 bridgehead atoms. The molecule has 0 unspecified atom stereocenters. The Morgan fingerprint density at radius 2 is 2.00 bits per heavy atom. The number of carbonyl (C=O) groups excluding carboxylic acids is 2. The summed E-state index contributed by atoms with van der Waals surface area (Å²) < 4.78 is 5.59. The van der Waals surface area contributed by atoms with E-state index in [0.29, 0.717) is 30.6 Å². The SMILES string of the molecule is CC(C)C1=C[C@]2(O)CC[C@H]3[C@]4(C)CCC[C@]3(C(=O)OC4)C2=CC1=O. The Morgan fingerprint density at radius 1 is 1.25 bits per heavy atom. The Morgan fingerprint density at radius 3 is 2.71 bits per heavy atom. The standard InChI is InChI=1S/C20H26O4/c1-12(2)13-10-19(23)8-5-15-18(3)6-4-7-20(15,17(22)24-11-18)16(19)9-14(13)21/h9-10,12,15,23H,4-8,11H2,1-3H3/t15-,18+,19+,20+/m0/s1. The third-order valence-corrected chi connectivity index (χ3v) is 6.99. The quantitative estimate of drug-likeness (QED) is 0.751. The molecule has 4 heteroatoms. The summed E-state index contributed by atoms with van der Waals surface area (Å²) in [5.74, 6) is -0.0774. The molecule has 1 saturated heterocycles. The van der Waals surface area contributed by atoms with Crippen LogP contribution >= 0.6 is 0 Å². The van der Waals surface area contributed by atoms with Gasteiger partial charge in [-0.25, -0.2) is 0 Å². The number of rotatable bonds is 1. The fraction of sp³-hybridized carbons (Fsp3) is 0.700. The van der Waals surface area contributed by atoms with Crippen LogP contribution in [-0.2, 0) is 14.3 Å². The van der Waals surface area contributed by atoms with Crippen LogP contribution in [0, 0.1) is 22.7 Å². The normalized spacial score (nSPS) is 44.3. The lowest BCUT2D eigenvalue weighted by Gasteiger charge is -2.61. The number of fused-ring (bicyclic) bond motifs is 1. The van der Waals surface area contributed by atoms with E-state index in [1.165, 1.54) is 0 Å². The van der Waals surface area contributed by atoms with Crippen LogP contribution in [0.4, 0.5) is 0 Å². The summed E-state index contributed by atoms with van der Waals surface area (Å²) in [6.07, 6.45) is 7.34. The number of carbonyl (C=O) groups is 2. The minimum Gasteiger partial charge on any atom is -0.464 e. The average Bonchev–Trinajstić information content (AvgIpc) is 2.51. The molecule has 0 radical (unpaired) electrons. The summed E-state index contributed by atoms with van der Waals surface area (Å²) in [5, 5.41) is 11.4. The van der Waals surface area contributed by atoms with Crippen LogP contribution in [0.15, 0.2) is 23.3 Å². The molecule has 24 heavy (non-hydrogen) atoms. The van der Waals surface area contributed by atoms with Crippen LogP contribution in [0.5, 0.6) is 0 Å². The molecule has 0 spiro atoms. The second-order valence-electron chi connectivity index (χ2n) is 8.75. The maximum Gasteiger partial charge on any atom is 0.316 e. The Hall–Kier alpha value is -1.42. The van der Waals surface area contributed by atoms with E-state index >= 15 is 0 Å². The van der Waals surface area contributed by atoms with Crippen molar-refractivity contribution in [3.63, 3.8) is 0 Å². The Bertz CT molecular complexity index is 688. The predicted molar refractivity (Wildman–Crippen MR) is 89.0 cm³/mol. The molecule has 4 nitrogen and oxygen atoms in total. The zero-order valence-electron chi connectivity index (χ0n) is 14.7. The van der Waals surface area contributed by atoms with Gasteiger partial charge in [-0.05, 0) is 55.2 Å². The summed E-state index contributed by atoms with van der Waals surface area (Å²) >= 11 is 0. The summed E-state index contributed by atoms with van der Waals surface area (Å²) in [6.45, 7) is 6.58. The molecule has 130 valence electrons. The third-order valence-electron chi connectivity index (χ3n) is 6.99. The zero-order chi connectivity index (χ0) is 17.3. The fourth-order valence-corrected chi connectivity index (χ4v) is 5.80. The highest BCUT2D eigenvalue weighted by atomic mass is 16.5. The van der Waals surface area contributed by atoms with Crippen LogP contribution in [0.1, 0.15) is 52.9 Å². The van der Waals surface area contributed by atoms with E-state index in [4.69, 9.17) is 4.74 Å². The molecule has 3 fully saturated rings. The van der Waals surface area contributed by atoms with Gasteiger partial charge in [0.2, 0.25) is 0 Å². The molecule has 0 aromatic carbocycles. The molecule has 3 aliphatic carbocycles. The third kappa shape index (κ3) is 1.83. The molecule has 4 rings (SSSR count). The van der Waals surface area contributed by atoms with E-state index in [0.717, 1.165) is 19.3 Å². The number of ketones is 1. The highest BCUT2D eigenvalue weighted by Gasteiger charge is 2.67. The van der Waals surface area contributed by atoms with Crippen molar-refractivity contribution in [1.29, 1.82) is 0 Å². The zero-order valence-corrected chi connectivity index (χ0v) is 14.7. The van der Waals surface area contributed by atoms with Crippen molar-refractivity contribution < 1.29 is 19.4 Å². The van der Waals surface area contributed by atoms with E-state index < -0.39 is 11.0 Å². The molecule has 0 aromatic rings. The smallest absolute Gasteiger partial charge is 0.316 e. The number of aliphatic hydroxyl groups is 1. The number of hydrogen-bond donors (Lipinski definition) is 1. The lowest BCUT2D eigenvalue weighted by atomic mass is 9.45. The van der Waals surface area contributed by atoms with Crippen molar-refractivity contribution in [2.75, 3.05) is 6.61 Å². The first-order chi connectivity index (χ1) is 11.2. The van der Waals surface area contributed by atoms with E-state index in [1.54, 1.807) is 12.2 Å². The number of ether oxygens (including phenoxy) is 1. The van der Waals surface area contributed by atoms with Crippen molar-refractivity contribution in [3.05, 3.63) is 23.3 Å². The van der Waals surface area contributed by atoms with Gasteiger partial charge in [0.15, 0.2) is 5.78 Å². The van der Waals surface area contributed by atoms with Gasteiger partial charge >= 0.3 is 5.97 Å². The monoisotopic (exact) mass is 330 g/mol. The molecule has 4 aliphatic rings. The van der Waals surface area contributed by atoms with E-state index in [2.05, 4.69) is 6.92 Å². The molecule has 0 aromatic heterocycles. The Labute approximate surface area is 143 Å². The lowest BCUT2D eigenvalue weighted by Crippen LogP contribution is -2.63. The second-order valence-corrected chi connectivity index (χ2v) is 8.75. The van der Waals surface area contributed by atoms with Gasteiger partial charge in [-0.1, -0.05) is 27.2 Å². The lowest BCUT2D eigenvalue weighted by molar-refractivity contribution is -0.199. The molecule has 1 aliphatic heterocycles. The van der Waals surface area contributed by atoms with Crippen molar-refractivity contribution in [3.8, 4) is 0 Å². The van der Waals surface area contributed by atoms with Gasteiger partial charge in [-0.2, -0.15) is 0 Å². The fourth-order valence-electron chi connectivity index (χ4n) is 5.80. The van der Waals surface area contributed by atoms with E-state index in [9.17, 15) is 14.7 Å². The van der Waals surface area contributed by atoms with E-state index in [-0.39, 0.29) is 29.0 Å². The maximum atomic E-state index is 12.9. The number of allylic oxidation sites excluding steroid dienone is 2. The summed E-state index contributed by atoms with van der Waals surface area (Å²) in [6, 6.07) is 0.